The summed E-state index contributed by atoms with van der Waals surface area (Å²) in [4.78, 5) is 34.7. The van der Waals surface area contributed by atoms with Gasteiger partial charge >= 0.3 is 5.97 Å². The lowest BCUT2D eigenvalue weighted by molar-refractivity contribution is -0.139. The Kier molecular flexibility index (Phi) is 4.26. The predicted molar refractivity (Wildman–Crippen MR) is 76.1 cm³/mol. The first kappa shape index (κ1) is 15.0. The summed E-state index contributed by atoms with van der Waals surface area (Å²) in [5.74, 6) is -1.54. The number of hydrogen-bond donors (Lipinski definition) is 3. The number of benzene rings is 1. The van der Waals surface area contributed by atoms with Gasteiger partial charge in [0, 0.05) is 18.2 Å². The van der Waals surface area contributed by atoms with Crippen LogP contribution in [-0.4, -0.2) is 35.5 Å². The van der Waals surface area contributed by atoms with Crippen LogP contribution in [0, 0.1) is 0 Å². The van der Waals surface area contributed by atoms with Gasteiger partial charge in [-0.05, 0) is 37.5 Å². The number of nitrogens with one attached hydrogen (secondary N) is 2. The van der Waals surface area contributed by atoms with Crippen molar-refractivity contribution in [1.82, 2.24) is 10.6 Å². The maximum atomic E-state index is 12.3. The first-order chi connectivity index (χ1) is 9.96. The minimum absolute atomic E-state index is 0.0755. The van der Waals surface area contributed by atoms with E-state index >= 15 is 0 Å². The van der Waals surface area contributed by atoms with E-state index in [2.05, 4.69) is 10.6 Å². The molecule has 0 radical (unpaired) electrons. The Morgan fingerprint density at radius 3 is 2.29 bits per heavy atom. The van der Waals surface area contributed by atoms with Crippen LogP contribution in [0.15, 0.2) is 24.3 Å². The fourth-order valence-corrected chi connectivity index (χ4v) is 2.50. The van der Waals surface area contributed by atoms with Gasteiger partial charge in [0.25, 0.3) is 11.8 Å². The number of carbonyl (C=O) groups excluding carboxylic acids is 2. The van der Waals surface area contributed by atoms with Gasteiger partial charge in [0.1, 0.15) is 0 Å². The van der Waals surface area contributed by atoms with Crippen molar-refractivity contribution in [3.8, 4) is 0 Å². The standard InChI is InChI=1S/C15H18N2O4/c1-16-13(20)10-4-2-5-11(8-10)14(21)17-15(6-3-7-15)9-12(18)19/h2,4-5,8H,3,6-7,9H2,1H3,(H,16,20)(H,17,21)(H,18,19). The first-order valence-electron chi connectivity index (χ1n) is 6.82. The van der Waals surface area contributed by atoms with Crippen molar-refractivity contribution < 1.29 is 19.5 Å². The van der Waals surface area contributed by atoms with Crippen LogP contribution in [0.5, 0.6) is 0 Å². The summed E-state index contributed by atoms with van der Waals surface area (Å²) in [7, 11) is 1.52. The average molecular weight is 290 g/mol. The van der Waals surface area contributed by atoms with Gasteiger partial charge in [-0.25, -0.2) is 0 Å². The molecule has 0 unspecified atom stereocenters. The zero-order valence-electron chi connectivity index (χ0n) is 11.8. The molecule has 1 aromatic carbocycles. The molecule has 112 valence electrons. The Morgan fingerprint density at radius 1 is 1.19 bits per heavy atom. The van der Waals surface area contributed by atoms with E-state index in [9.17, 15) is 14.4 Å². The van der Waals surface area contributed by atoms with Crippen LogP contribution in [0.1, 0.15) is 46.4 Å². The van der Waals surface area contributed by atoms with Crippen LogP contribution in [0.2, 0.25) is 0 Å². The highest BCUT2D eigenvalue weighted by atomic mass is 16.4. The molecule has 1 aliphatic rings. The molecule has 1 fully saturated rings. The number of rotatable bonds is 5. The third-order valence-corrected chi connectivity index (χ3v) is 3.79. The fraction of sp³-hybridized carbons (Fsp3) is 0.400. The van der Waals surface area contributed by atoms with E-state index in [1.165, 1.54) is 13.1 Å². The quantitative estimate of drug-likeness (QED) is 0.758. The Hall–Kier alpha value is -2.37. The summed E-state index contributed by atoms with van der Waals surface area (Å²) < 4.78 is 0. The molecule has 1 aromatic rings. The van der Waals surface area contributed by atoms with Gasteiger partial charge in [0.2, 0.25) is 0 Å². The van der Waals surface area contributed by atoms with Crippen LogP contribution in [0.3, 0.4) is 0 Å². The number of aliphatic carboxylic acids is 1. The number of carboxylic acid groups (broad SMARTS) is 1. The van der Waals surface area contributed by atoms with E-state index in [0.717, 1.165) is 6.42 Å². The monoisotopic (exact) mass is 290 g/mol. The Balaban J connectivity index is 2.13. The molecule has 0 atom stereocenters. The zero-order valence-corrected chi connectivity index (χ0v) is 11.8. The maximum absolute atomic E-state index is 12.3. The fourth-order valence-electron chi connectivity index (χ4n) is 2.50. The molecular formula is C15H18N2O4. The van der Waals surface area contributed by atoms with Crippen molar-refractivity contribution in [1.29, 1.82) is 0 Å². The zero-order chi connectivity index (χ0) is 15.5. The lowest BCUT2D eigenvalue weighted by Crippen LogP contribution is -2.54. The molecule has 3 N–H and O–H groups in total. The topological polar surface area (TPSA) is 95.5 Å². The molecule has 21 heavy (non-hydrogen) atoms. The summed E-state index contributed by atoms with van der Waals surface area (Å²) in [5, 5.41) is 14.2. The van der Waals surface area contributed by atoms with Crippen molar-refractivity contribution in [2.45, 2.75) is 31.2 Å². The summed E-state index contributed by atoms with van der Waals surface area (Å²) in [6, 6.07) is 6.35. The summed E-state index contributed by atoms with van der Waals surface area (Å²) in [6.45, 7) is 0. The molecule has 0 aromatic heterocycles. The van der Waals surface area contributed by atoms with E-state index in [1.54, 1.807) is 18.2 Å². The SMILES string of the molecule is CNC(=O)c1cccc(C(=O)NC2(CC(=O)O)CCC2)c1. The van der Waals surface area contributed by atoms with Gasteiger partial charge in [0.15, 0.2) is 0 Å². The smallest absolute Gasteiger partial charge is 0.305 e. The van der Waals surface area contributed by atoms with Gasteiger partial charge in [-0.1, -0.05) is 6.07 Å². The first-order valence-corrected chi connectivity index (χ1v) is 6.82. The molecule has 1 aliphatic carbocycles. The lowest BCUT2D eigenvalue weighted by atomic mass is 9.74. The molecule has 6 heteroatoms. The number of amides is 2. The normalized spacial score (nSPS) is 15.7. The minimum Gasteiger partial charge on any atom is -0.481 e. The lowest BCUT2D eigenvalue weighted by Gasteiger charge is -2.41. The second-order valence-corrected chi connectivity index (χ2v) is 5.32. The van der Waals surface area contributed by atoms with Crippen LogP contribution < -0.4 is 10.6 Å². The molecule has 2 rings (SSSR count). The molecule has 0 heterocycles. The van der Waals surface area contributed by atoms with E-state index in [1.807, 2.05) is 0 Å². The Morgan fingerprint density at radius 2 is 1.81 bits per heavy atom. The largest absolute Gasteiger partial charge is 0.481 e. The number of carbonyl (C=O) groups is 3. The predicted octanol–water partition coefficient (Wildman–Crippen LogP) is 1.17. The molecule has 0 spiro atoms. The molecule has 0 saturated heterocycles. The molecule has 2 amide bonds. The van der Waals surface area contributed by atoms with Crippen molar-refractivity contribution in [3.05, 3.63) is 35.4 Å². The highest BCUT2D eigenvalue weighted by Gasteiger charge is 2.40. The van der Waals surface area contributed by atoms with E-state index in [-0.39, 0.29) is 18.2 Å². The van der Waals surface area contributed by atoms with Gasteiger partial charge < -0.3 is 15.7 Å². The average Bonchev–Trinajstić information content (AvgIpc) is 2.43. The van der Waals surface area contributed by atoms with Gasteiger partial charge in [0.05, 0.1) is 12.0 Å². The van der Waals surface area contributed by atoms with Gasteiger partial charge in [-0.2, -0.15) is 0 Å². The van der Waals surface area contributed by atoms with Crippen molar-refractivity contribution in [3.63, 3.8) is 0 Å². The third-order valence-electron chi connectivity index (χ3n) is 3.79. The summed E-state index contributed by atoms with van der Waals surface area (Å²) >= 11 is 0. The van der Waals surface area contributed by atoms with E-state index in [4.69, 9.17) is 5.11 Å². The second kappa shape index (κ2) is 5.95. The van der Waals surface area contributed by atoms with Crippen molar-refractivity contribution in [2.24, 2.45) is 0 Å². The second-order valence-electron chi connectivity index (χ2n) is 5.32. The Bertz CT molecular complexity index is 579. The minimum atomic E-state index is -0.922. The van der Waals surface area contributed by atoms with Gasteiger partial charge in [-0.3, -0.25) is 14.4 Å². The molecule has 0 bridgehead atoms. The summed E-state index contributed by atoms with van der Waals surface area (Å²) in [5.41, 5.74) is 0.102. The van der Waals surface area contributed by atoms with Crippen molar-refractivity contribution in [2.75, 3.05) is 7.05 Å². The van der Waals surface area contributed by atoms with E-state index < -0.39 is 11.5 Å². The van der Waals surface area contributed by atoms with Crippen LogP contribution in [0.4, 0.5) is 0 Å². The van der Waals surface area contributed by atoms with Crippen LogP contribution >= 0.6 is 0 Å². The Labute approximate surface area is 122 Å². The highest BCUT2D eigenvalue weighted by Crippen LogP contribution is 2.35. The third kappa shape index (κ3) is 3.39. The molecule has 6 nitrogen and oxygen atoms in total. The highest BCUT2D eigenvalue weighted by molar-refractivity contribution is 6.00. The molecule has 0 aliphatic heterocycles. The van der Waals surface area contributed by atoms with E-state index in [0.29, 0.717) is 24.0 Å². The van der Waals surface area contributed by atoms with Crippen molar-refractivity contribution >= 4 is 17.8 Å². The molecule has 1 saturated carbocycles. The van der Waals surface area contributed by atoms with Crippen LogP contribution in [-0.2, 0) is 4.79 Å². The number of hydrogen-bond acceptors (Lipinski definition) is 3. The van der Waals surface area contributed by atoms with Crippen LogP contribution in [0.25, 0.3) is 0 Å². The van der Waals surface area contributed by atoms with Gasteiger partial charge in [-0.15, -0.1) is 0 Å². The molecular weight excluding hydrogens is 272 g/mol. The number of carboxylic acids is 1. The summed E-state index contributed by atoms with van der Waals surface area (Å²) in [6.07, 6.45) is 2.17. The maximum Gasteiger partial charge on any atom is 0.305 e.